The number of hydrogen-bond acceptors (Lipinski definition) is 5. The number of nitrogens with zero attached hydrogens (tertiary/aromatic N) is 3. The lowest BCUT2D eigenvalue weighted by Crippen LogP contribution is -2.12. The highest BCUT2D eigenvalue weighted by Gasteiger charge is 2.16. The zero-order chi connectivity index (χ0) is 15.4. The molecule has 0 amide bonds. The van der Waals surface area contributed by atoms with E-state index in [0.717, 1.165) is 11.4 Å². The Morgan fingerprint density at radius 2 is 1.90 bits per heavy atom. The Hall–Kier alpha value is -2.08. The molecule has 0 aliphatic rings. The summed E-state index contributed by atoms with van der Waals surface area (Å²) in [5.74, 6) is 1.99. The van der Waals surface area contributed by atoms with E-state index in [4.69, 9.17) is 9.47 Å². The highest BCUT2D eigenvalue weighted by molar-refractivity contribution is 5.43. The Morgan fingerprint density at radius 1 is 1.19 bits per heavy atom. The predicted molar refractivity (Wildman–Crippen MR) is 78.6 cm³/mol. The average Bonchev–Trinajstić information content (AvgIpc) is 2.94. The average molecular weight is 291 g/mol. The van der Waals surface area contributed by atoms with Gasteiger partial charge in [0.2, 0.25) is 0 Å². The third-order valence-corrected chi connectivity index (χ3v) is 3.30. The summed E-state index contributed by atoms with van der Waals surface area (Å²) in [6, 6.07) is 5.59. The second kappa shape index (κ2) is 6.58. The summed E-state index contributed by atoms with van der Waals surface area (Å²) in [7, 11) is 3.16. The third kappa shape index (κ3) is 3.33. The van der Waals surface area contributed by atoms with Crippen molar-refractivity contribution in [2.45, 2.75) is 32.4 Å². The molecule has 6 heteroatoms. The molecule has 1 aromatic heterocycles. The summed E-state index contributed by atoms with van der Waals surface area (Å²) >= 11 is 0. The highest BCUT2D eigenvalue weighted by Crippen LogP contribution is 2.30. The van der Waals surface area contributed by atoms with E-state index in [2.05, 4.69) is 10.1 Å². The molecule has 1 atom stereocenters. The van der Waals surface area contributed by atoms with E-state index in [1.54, 1.807) is 26.4 Å². The molecule has 1 aromatic carbocycles. The molecule has 1 heterocycles. The molecule has 21 heavy (non-hydrogen) atoms. The van der Waals surface area contributed by atoms with E-state index in [-0.39, 0.29) is 6.04 Å². The molecule has 0 radical (unpaired) electrons. The van der Waals surface area contributed by atoms with E-state index in [1.165, 1.54) is 6.33 Å². The van der Waals surface area contributed by atoms with Crippen LogP contribution < -0.4 is 9.47 Å². The number of hydrogen-bond donors (Lipinski definition) is 1. The van der Waals surface area contributed by atoms with Gasteiger partial charge in [0, 0.05) is 12.5 Å². The first-order chi connectivity index (χ1) is 10.1. The molecular weight excluding hydrogens is 270 g/mol. The number of ether oxygens (including phenoxy) is 2. The van der Waals surface area contributed by atoms with Gasteiger partial charge in [0.05, 0.1) is 20.3 Å². The third-order valence-electron chi connectivity index (χ3n) is 3.30. The van der Waals surface area contributed by atoms with Crippen LogP contribution in [0.1, 0.15) is 37.4 Å². The standard InChI is InChI=1S/C15H21N3O3/c1-10(2)18-15(16-9-17-18)8-12(19)11-5-6-13(20-3)14(7-11)21-4/h5-7,9-10,12,19H,8H2,1-4H3. The van der Waals surface area contributed by atoms with Gasteiger partial charge < -0.3 is 14.6 Å². The van der Waals surface area contributed by atoms with Crippen LogP contribution in [0.2, 0.25) is 0 Å². The topological polar surface area (TPSA) is 69.4 Å². The molecule has 0 saturated heterocycles. The Balaban J connectivity index is 2.20. The molecule has 1 unspecified atom stereocenters. The first kappa shape index (κ1) is 15.3. The van der Waals surface area contributed by atoms with Crippen molar-refractivity contribution in [2.75, 3.05) is 14.2 Å². The Bertz CT molecular complexity index is 596. The van der Waals surface area contributed by atoms with Crippen molar-refractivity contribution < 1.29 is 14.6 Å². The summed E-state index contributed by atoms with van der Waals surface area (Å²) in [5, 5.41) is 14.6. The van der Waals surface area contributed by atoms with E-state index >= 15 is 0 Å². The molecule has 0 spiro atoms. The van der Waals surface area contributed by atoms with Gasteiger partial charge in [-0.1, -0.05) is 6.07 Å². The zero-order valence-corrected chi connectivity index (χ0v) is 12.8. The van der Waals surface area contributed by atoms with Gasteiger partial charge in [-0.15, -0.1) is 0 Å². The van der Waals surface area contributed by atoms with Crippen molar-refractivity contribution in [3.05, 3.63) is 35.9 Å². The minimum absolute atomic E-state index is 0.208. The van der Waals surface area contributed by atoms with Crippen LogP contribution in [-0.2, 0) is 6.42 Å². The lowest BCUT2D eigenvalue weighted by atomic mass is 10.1. The van der Waals surface area contributed by atoms with Crippen molar-refractivity contribution in [1.29, 1.82) is 0 Å². The van der Waals surface area contributed by atoms with Crippen LogP contribution in [0.25, 0.3) is 0 Å². The van der Waals surface area contributed by atoms with Crippen LogP contribution in [0.5, 0.6) is 11.5 Å². The number of aliphatic hydroxyl groups is 1. The fraction of sp³-hybridized carbons (Fsp3) is 0.467. The van der Waals surface area contributed by atoms with E-state index in [1.807, 2.05) is 24.6 Å². The van der Waals surface area contributed by atoms with E-state index in [9.17, 15) is 5.11 Å². The highest BCUT2D eigenvalue weighted by atomic mass is 16.5. The number of aromatic nitrogens is 3. The maximum Gasteiger partial charge on any atom is 0.161 e. The summed E-state index contributed by atoms with van der Waals surface area (Å²) in [4.78, 5) is 4.22. The van der Waals surface area contributed by atoms with Gasteiger partial charge in [-0.2, -0.15) is 5.10 Å². The molecule has 1 N–H and O–H groups in total. The van der Waals surface area contributed by atoms with Gasteiger partial charge in [-0.3, -0.25) is 0 Å². The van der Waals surface area contributed by atoms with Gasteiger partial charge in [0.25, 0.3) is 0 Å². The summed E-state index contributed by atoms with van der Waals surface area (Å²) in [6.07, 6.45) is 1.23. The largest absolute Gasteiger partial charge is 0.493 e. The van der Waals surface area contributed by atoms with Crippen LogP contribution in [-0.4, -0.2) is 34.1 Å². The van der Waals surface area contributed by atoms with E-state index in [0.29, 0.717) is 17.9 Å². The lowest BCUT2D eigenvalue weighted by Gasteiger charge is -2.15. The minimum Gasteiger partial charge on any atom is -0.493 e. The van der Waals surface area contributed by atoms with Gasteiger partial charge in [-0.05, 0) is 31.5 Å². The maximum absolute atomic E-state index is 10.4. The SMILES string of the molecule is COc1ccc(C(O)Cc2ncnn2C(C)C)cc1OC. The second-order valence-electron chi connectivity index (χ2n) is 5.05. The van der Waals surface area contributed by atoms with Crippen molar-refractivity contribution in [3.8, 4) is 11.5 Å². The molecular formula is C15H21N3O3. The summed E-state index contributed by atoms with van der Waals surface area (Å²) in [5.41, 5.74) is 0.756. The Kier molecular flexibility index (Phi) is 4.80. The molecule has 0 fully saturated rings. The number of rotatable bonds is 6. The molecule has 6 nitrogen and oxygen atoms in total. The van der Waals surface area contributed by atoms with Crippen molar-refractivity contribution in [2.24, 2.45) is 0 Å². The molecule has 2 aromatic rings. The minimum atomic E-state index is -0.675. The van der Waals surface area contributed by atoms with Crippen LogP contribution in [0.4, 0.5) is 0 Å². The maximum atomic E-state index is 10.4. The van der Waals surface area contributed by atoms with Crippen molar-refractivity contribution in [3.63, 3.8) is 0 Å². The number of aliphatic hydroxyl groups excluding tert-OH is 1. The number of methoxy groups -OCH3 is 2. The Morgan fingerprint density at radius 3 is 2.52 bits per heavy atom. The molecule has 114 valence electrons. The van der Waals surface area contributed by atoms with Crippen LogP contribution >= 0.6 is 0 Å². The summed E-state index contributed by atoms with van der Waals surface area (Å²) < 4.78 is 12.3. The lowest BCUT2D eigenvalue weighted by molar-refractivity contribution is 0.172. The normalized spacial score (nSPS) is 12.5. The molecule has 0 aliphatic heterocycles. The Labute approximate surface area is 124 Å². The zero-order valence-electron chi connectivity index (χ0n) is 12.8. The monoisotopic (exact) mass is 291 g/mol. The quantitative estimate of drug-likeness (QED) is 0.883. The smallest absolute Gasteiger partial charge is 0.161 e. The van der Waals surface area contributed by atoms with Crippen LogP contribution in [0, 0.1) is 0 Å². The van der Waals surface area contributed by atoms with Gasteiger partial charge >= 0.3 is 0 Å². The molecule has 0 saturated carbocycles. The van der Waals surface area contributed by atoms with Gasteiger partial charge in [0.1, 0.15) is 12.2 Å². The second-order valence-corrected chi connectivity index (χ2v) is 5.05. The van der Waals surface area contributed by atoms with Gasteiger partial charge in [-0.25, -0.2) is 9.67 Å². The number of benzene rings is 1. The first-order valence-electron chi connectivity index (χ1n) is 6.85. The van der Waals surface area contributed by atoms with Gasteiger partial charge in [0.15, 0.2) is 11.5 Å². The fourth-order valence-corrected chi connectivity index (χ4v) is 2.20. The van der Waals surface area contributed by atoms with Crippen molar-refractivity contribution >= 4 is 0 Å². The van der Waals surface area contributed by atoms with Crippen LogP contribution in [0.3, 0.4) is 0 Å². The summed E-state index contributed by atoms with van der Waals surface area (Å²) in [6.45, 7) is 4.06. The van der Waals surface area contributed by atoms with E-state index < -0.39 is 6.10 Å². The fourth-order valence-electron chi connectivity index (χ4n) is 2.20. The molecule has 0 bridgehead atoms. The predicted octanol–water partition coefficient (Wildman–Crippen LogP) is 2.15. The molecule has 0 aliphatic carbocycles. The van der Waals surface area contributed by atoms with Crippen LogP contribution in [0.15, 0.2) is 24.5 Å². The van der Waals surface area contributed by atoms with Crippen molar-refractivity contribution in [1.82, 2.24) is 14.8 Å². The first-order valence-corrected chi connectivity index (χ1v) is 6.85. The molecule has 2 rings (SSSR count).